The summed E-state index contributed by atoms with van der Waals surface area (Å²) >= 11 is 0. The van der Waals surface area contributed by atoms with Crippen LogP contribution in [0.2, 0.25) is 0 Å². The van der Waals surface area contributed by atoms with Crippen LogP contribution in [0.3, 0.4) is 0 Å². The van der Waals surface area contributed by atoms with Gasteiger partial charge >= 0.3 is 0 Å². The summed E-state index contributed by atoms with van der Waals surface area (Å²) < 4.78 is 0. The highest BCUT2D eigenvalue weighted by molar-refractivity contribution is 5.25. The van der Waals surface area contributed by atoms with Gasteiger partial charge in [0.25, 0.3) is 0 Å². The van der Waals surface area contributed by atoms with Gasteiger partial charge in [-0.05, 0) is 20.3 Å². The molecule has 0 heterocycles. The van der Waals surface area contributed by atoms with Crippen LogP contribution in [0.25, 0.3) is 0 Å². The molecule has 0 unspecified atom stereocenters. The van der Waals surface area contributed by atoms with E-state index in [4.69, 9.17) is 0 Å². The van der Waals surface area contributed by atoms with Crippen molar-refractivity contribution in [3.63, 3.8) is 0 Å². The zero-order chi connectivity index (χ0) is 10.7. The molecule has 0 radical (unpaired) electrons. The summed E-state index contributed by atoms with van der Waals surface area (Å²) in [5, 5.41) is 0. The molecule has 0 N–H and O–H groups in total. The van der Waals surface area contributed by atoms with Gasteiger partial charge in [0.15, 0.2) is 0 Å². The van der Waals surface area contributed by atoms with Gasteiger partial charge in [0.1, 0.15) is 0 Å². The molecule has 0 bridgehead atoms. The number of rotatable bonds is 3. The van der Waals surface area contributed by atoms with E-state index in [-0.39, 0.29) is 0 Å². The fraction of sp³-hybridized carbons (Fsp3) is 0.538. The lowest BCUT2D eigenvalue weighted by atomic mass is 10.2. The van der Waals surface area contributed by atoms with Crippen molar-refractivity contribution in [2.45, 2.75) is 47.5 Å². The summed E-state index contributed by atoms with van der Waals surface area (Å²) in [5.41, 5.74) is 2.38. The van der Waals surface area contributed by atoms with E-state index in [0.717, 1.165) is 12.0 Å². The van der Waals surface area contributed by atoms with Gasteiger partial charge < -0.3 is 0 Å². The molecule has 0 saturated carbocycles. The highest BCUT2D eigenvalue weighted by Crippen LogP contribution is 2.00. The monoisotopic (exact) mass is 180 g/mol. The van der Waals surface area contributed by atoms with Crippen molar-refractivity contribution in [1.82, 2.24) is 0 Å². The van der Waals surface area contributed by atoms with E-state index >= 15 is 0 Å². The summed E-state index contributed by atoms with van der Waals surface area (Å²) in [6.07, 6.45) is 8.69. The molecule has 0 aromatic heterocycles. The summed E-state index contributed by atoms with van der Waals surface area (Å²) in [4.78, 5) is 0. The van der Waals surface area contributed by atoms with E-state index in [1.165, 1.54) is 12.0 Å². The molecular formula is C13H24. The van der Waals surface area contributed by atoms with Crippen molar-refractivity contribution in [3.8, 4) is 0 Å². The van der Waals surface area contributed by atoms with Crippen molar-refractivity contribution in [3.05, 3.63) is 36.0 Å². The molecule has 0 fully saturated rings. The fourth-order valence-corrected chi connectivity index (χ4v) is 0.741. The Hall–Kier alpha value is -0.780. The van der Waals surface area contributed by atoms with E-state index in [0.29, 0.717) is 0 Å². The lowest BCUT2D eigenvalue weighted by Crippen LogP contribution is -1.69. The van der Waals surface area contributed by atoms with Gasteiger partial charge in [0.2, 0.25) is 0 Å². The molecule has 0 aliphatic rings. The van der Waals surface area contributed by atoms with Crippen molar-refractivity contribution >= 4 is 0 Å². The molecule has 0 saturated heterocycles. The first-order chi connectivity index (χ1) is 6.08. The Balaban J connectivity index is 0. The van der Waals surface area contributed by atoms with Crippen LogP contribution in [0.4, 0.5) is 0 Å². The molecule has 0 rings (SSSR count). The maximum Gasteiger partial charge on any atom is -0.0376 e. The van der Waals surface area contributed by atoms with Gasteiger partial charge in [-0.15, -0.1) is 0 Å². The minimum atomic E-state index is 1.10. The Kier molecular flexibility index (Phi) is 12.7. The van der Waals surface area contributed by atoms with Gasteiger partial charge in [0, 0.05) is 0 Å². The van der Waals surface area contributed by atoms with E-state index in [2.05, 4.69) is 52.5 Å². The highest BCUT2D eigenvalue weighted by atomic mass is 13.9. The van der Waals surface area contributed by atoms with Crippen LogP contribution in [0.1, 0.15) is 47.5 Å². The summed E-state index contributed by atoms with van der Waals surface area (Å²) in [6, 6.07) is 0. The van der Waals surface area contributed by atoms with Crippen molar-refractivity contribution in [2.75, 3.05) is 0 Å². The summed E-state index contributed by atoms with van der Waals surface area (Å²) in [6.45, 7) is 14.3. The minimum Gasteiger partial charge on any atom is -0.0961 e. The van der Waals surface area contributed by atoms with E-state index in [9.17, 15) is 0 Å². The summed E-state index contributed by atoms with van der Waals surface area (Å²) in [7, 11) is 0. The lowest BCUT2D eigenvalue weighted by molar-refractivity contribution is 1.09. The Labute approximate surface area is 84.1 Å². The number of hydrogen-bond donors (Lipinski definition) is 0. The average molecular weight is 180 g/mol. The lowest BCUT2D eigenvalue weighted by Gasteiger charge is -1.90. The topological polar surface area (TPSA) is 0 Å². The third-order valence-corrected chi connectivity index (χ3v) is 1.09. The van der Waals surface area contributed by atoms with Crippen molar-refractivity contribution in [2.24, 2.45) is 0 Å². The molecule has 0 aliphatic heterocycles. The molecule has 0 nitrogen and oxygen atoms in total. The predicted octanol–water partition coefficient (Wildman–Crippen LogP) is 4.89. The predicted molar refractivity (Wildman–Crippen MR) is 64.0 cm³/mol. The van der Waals surface area contributed by atoms with Gasteiger partial charge in [-0.3, -0.25) is 0 Å². The van der Waals surface area contributed by atoms with Crippen molar-refractivity contribution in [1.29, 1.82) is 0 Å². The quantitative estimate of drug-likeness (QED) is 0.542. The normalized spacial score (nSPS) is 11.0. The third kappa shape index (κ3) is 18.3. The first kappa shape index (κ1) is 14.7. The molecule has 0 aromatic carbocycles. The molecule has 0 aromatic rings. The molecule has 0 spiro atoms. The summed E-state index contributed by atoms with van der Waals surface area (Å²) in [5.74, 6) is 0. The van der Waals surface area contributed by atoms with Gasteiger partial charge in [-0.1, -0.05) is 63.1 Å². The molecule has 0 amide bonds. The zero-order valence-electron chi connectivity index (χ0n) is 9.85. The Morgan fingerprint density at radius 3 is 1.92 bits per heavy atom. The van der Waals surface area contributed by atoms with Crippen LogP contribution in [0, 0.1) is 0 Å². The van der Waals surface area contributed by atoms with Crippen LogP contribution in [-0.2, 0) is 0 Å². The maximum atomic E-state index is 3.79. The second-order valence-electron chi connectivity index (χ2n) is 3.25. The Morgan fingerprint density at radius 1 is 1.15 bits per heavy atom. The number of allylic oxidation sites excluding steroid dienone is 5. The van der Waals surface area contributed by atoms with Crippen LogP contribution in [-0.4, -0.2) is 0 Å². The fourth-order valence-electron chi connectivity index (χ4n) is 0.741. The van der Waals surface area contributed by atoms with E-state index in [1.54, 1.807) is 0 Å². The Morgan fingerprint density at radius 2 is 1.62 bits per heavy atom. The molecule has 0 atom stereocenters. The van der Waals surface area contributed by atoms with Gasteiger partial charge in [-0.2, -0.15) is 0 Å². The van der Waals surface area contributed by atoms with E-state index < -0.39 is 0 Å². The molecule has 0 heteroatoms. The van der Waals surface area contributed by atoms with E-state index in [1.807, 2.05) is 6.92 Å². The molecule has 0 aliphatic carbocycles. The largest absolute Gasteiger partial charge is 0.0961 e. The SMILES string of the molecule is C=C(C)/C=C(C)\C=C/CC.CCC. The molecule has 13 heavy (non-hydrogen) atoms. The van der Waals surface area contributed by atoms with Gasteiger partial charge in [0.05, 0.1) is 0 Å². The van der Waals surface area contributed by atoms with Crippen LogP contribution >= 0.6 is 0 Å². The smallest absolute Gasteiger partial charge is 0.0376 e. The van der Waals surface area contributed by atoms with Gasteiger partial charge in [-0.25, -0.2) is 0 Å². The van der Waals surface area contributed by atoms with Crippen LogP contribution < -0.4 is 0 Å². The highest BCUT2D eigenvalue weighted by Gasteiger charge is 1.79. The van der Waals surface area contributed by atoms with Crippen LogP contribution in [0.5, 0.6) is 0 Å². The molecular weight excluding hydrogens is 156 g/mol. The Bertz CT molecular complexity index is 170. The van der Waals surface area contributed by atoms with Crippen molar-refractivity contribution < 1.29 is 0 Å². The average Bonchev–Trinajstić information content (AvgIpc) is 2.01. The first-order valence-corrected chi connectivity index (χ1v) is 5.08. The molecule has 76 valence electrons. The second-order valence-corrected chi connectivity index (χ2v) is 3.25. The van der Waals surface area contributed by atoms with Crippen LogP contribution in [0.15, 0.2) is 36.0 Å². The first-order valence-electron chi connectivity index (χ1n) is 5.08. The zero-order valence-corrected chi connectivity index (χ0v) is 9.85. The second kappa shape index (κ2) is 11.2. The number of hydrogen-bond acceptors (Lipinski definition) is 0. The maximum absolute atomic E-state index is 3.79. The standard InChI is InChI=1S/C10H16.C3H8/c1-5-6-7-10(4)8-9(2)3;1-3-2/h6-8H,2,5H2,1,3-4H3;3H2,1-2H3/b7-6-,10-8-;. The minimum absolute atomic E-state index is 1.10. The third-order valence-electron chi connectivity index (χ3n) is 1.09.